The van der Waals surface area contributed by atoms with E-state index < -0.39 is 6.09 Å². The summed E-state index contributed by atoms with van der Waals surface area (Å²) < 4.78 is 0. The standard InChI is InChI=1S/C5H7NO4/c7-4-1-2-10-6(3-4)5(8)9/h1-3H2,(H,8,9). The zero-order valence-electron chi connectivity index (χ0n) is 5.24. The lowest BCUT2D eigenvalue weighted by Gasteiger charge is -2.21. The number of nitrogens with zero attached hydrogens (tertiary/aromatic N) is 1. The molecule has 0 radical (unpaired) electrons. The van der Waals surface area contributed by atoms with Gasteiger partial charge in [-0.25, -0.2) is 4.79 Å². The van der Waals surface area contributed by atoms with Crippen molar-refractivity contribution in [3.05, 3.63) is 0 Å². The second-order valence-corrected chi connectivity index (χ2v) is 1.94. The van der Waals surface area contributed by atoms with Crippen LogP contribution in [0.3, 0.4) is 0 Å². The van der Waals surface area contributed by atoms with E-state index >= 15 is 0 Å². The molecule has 1 aliphatic rings. The van der Waals surface area contributed by atoms with Crippen LogP contribution in [0.5, 0.6) is 0 Å². The van der Waals surface area contributed by atoms with Crippen molar-refractivity contribution in [2.75, 3.05) is 13.2 Å². The van der Waals surface area contributed by atoms with Crippen molar-refractivity contribution in [2.45, 2.75) is 6.42 Å². The highest BCUT2D eigenvalue weighted by molar-refractivity contribution is 5.83. The van der Waals surface area contributed by atoms with Crippen LogP contribution in [0.1, 0.15) is 6.42 Å². The fourth-order valence-electron chi connectivity index (χ4n) is 0.677. The van der Waals surface area contributed by atoms with Gasteiger partial charge in [-0.05, 0) is 0 Å². The van der Waals surface area contributed by atoms with Gasteiger partial charge in [0.05, 0.1) is 6.61 Å². The lowest BCUT2D eigenvalue weighted by atomic mass is 10.3. The van der Waals surface area contributed by atoms with Gasteiger partial charge in [-0.1, -0.05) is 0 Å². The fourth-order valence-corrected chi connectivity index (χ4v) is 0.677. The fraction of sp³-hybridized carbons (Fsp3) is 0.600. The van der Waals surface area contributed by atoms with Gasteiger partial charge in [0.25, 0.3) is 0 Å². The molecule has 0 aliphatic carbocycles. The minimum Gasteiger partial charge on any atom is -0.463 e. The topological polar surface area (TPSA) is 66.8 Å². The molecule has 0 aromatic rings. The molecule has 56 valence electrons. The molecule has 1 rings (SSSR count). The first-order chi connectivity index (χ1) is 4.70. The van der Waals surface area contributed by atoms with Crippen LogP contribution < -0.4 is 0 Å². The summed E-state index contributed by atoms with van der Waals surface area (Å²) in [6, 6.07) is 0. The summed E-state index contributed by atoms with van der Waals surface area (Å²) >= 11 is 0. The third-order valence-corrected chi connectivity index (χ3v) is 1.16. The van der Waals surface area contributed by atoms with Gasteiger partial charge in [-0.15, -0.1) is 0 Å². The molecular weight excluding hydrogens is 138 g/mol. The van der Waals surface area contributed by atoms with Crippen molar-refractivity contribution in [2.24, 2.45) is 0 Å². The van der Waals surface area contributed by atoms with Crippen LogP contribution in [0.25, 0.3) is 0 Å². The predicted octanol–water partition coefficient (Wildman–Crippen LogP) is -0.129. The molecule has 0 saturated carbocycles. The van der Waals surface area contributed by atoms with E-state index in [1.54, 1.807) is 0 Å². The number of hydroxylamine groups is 2. The van der Waals surface area contributed by atoms with Gasteiger partial charge < -0.3 is 5.11 Å². The number of rotatable bonds is 0. The van der Waals surface area contributed by atoms with Crippen molar-refractivity contribution in [3.63, 3.8) is 0 Å². The highest BCUT2D eigenvalue weighted by Gasteiger charge is 2.21. The SMILES string of the molecule is O=C1CCON(C(=O)O)C1. The zero-order chi connectivity index (χ0) is 7.56. The summed E-state index contributed by atoms with van der Waals surface area (Å²) in [6.45, 7) is 0.0282. The molecule has 1 heterocycles. The largest absolute Gasteiger partial charge is 0.463 e. The smallest absolute Gasteiger partial charge is 0.431 e. The van der Waals surface area contributed by atoms with Crippen LogP contribution in [0.2, 0.25) is 0 Å². The van der Waals surface area contributed by atoms with E-state index in [0.29, 0.717) is 11.5 Å². The van der Waals surface area contributed by atoms with E-state index in [1.807, 2.05) is 0 Å². The Morgan fingerprint density at radius 2 is 2.40 bits per heavy atom. The van der Waals surface area contributed by atoms with Crippen LogP contribution in [0.15, 0.2) is 0 Å². The van der Waals surface area contributed by atoms with Gasteiger partial charge >= 0.3 is 6.09 Å². The maximum absolute atomic E-state index is 10.6. The average Bonchev–Trinajstić information content (AvgIpc) is 1.88. The number of amides is 1. The molecule has 1 N–H and O–H groups in total. The maximum Gasteiger partial charge on any atom is 0.431 e. The van der Waals surface area contributed by atoms with Crippen LogP contribution in [0.4, 0.5) is 4.79 Å². The lowest BCUT2D eigenvalue weighted by Crippen LogP contribution is -2.39. The molecule has 1 aliphatic heterocycles. The van der Waals surface area contributed by atoms with E-state index in [4.69, 9.17) is 5.11 Å². The van der Waals surface area contributed by atoms with Crippen LogP contribution in [-0.2, 0) is 9.63 Å². The molecule has 5 nitrogen and oxygen atoms in total. The Labute approximate surface area is 57.1 Å². The normalized spacial score (nSPS) is 19.2. The molecule has 10 heavy (non-hydrogen) atoms. The third kappa shape index (κ3) is 1.44. The summed E-state index contributed by atoms with van der Waals surface area (Å²) in [5, 5.41) is 8.95. The molecule has 0 aromatic heterocycles. The Morgan fingerprint density at radius 1 is 1.70 bits per heavy atom. The van der Waals surface area contributed by atoms with Gasteiger partial charge in [0.15, 0.2) is 5.78 Å². The molecular formula is C5H7NO4. The number of hydrogen-bond donors (Lipinski definition) is 1. The van der Waals surface area contributed by atoms with Gasteiger partial charge in [0.2, 0.25) is 0 Å². The molecule has 0 bridgehead atoms. The quantitative estimate of drug-likeness (QED) is 0.515. The van der Waals surface area contributed by atoms with E-state index in [0.717, 1.165) is 0 Å². The van der Waals surface area contributed by atoms with Crippen molar-refractivity contribution < 1.29 is 19.5 Å². The van der Waals surface area contributed by atoms with Crippen molar-refractivity contribution in [3.8, 4) is 0 Å². The predicted molar refractivity (Wildman–Crippen MR) is 30.3 cm³/mol. The Kier molecular flexibility index (Phi) is 1.86. The average molecular weight is 145 g/mol. The molecule has 0 unspecified atom stereocenters. The number of carbonyl (C=O) groups is 2. The lowest BCUT2D eigenvalue weighted by molar-refractivity contribution is -0.166. The second kappa shape index (κ2) is 2.66. The van der Waals surface area contributed by atoms with Crippen molar-refractivity contribution in [1.82, 2.24) is 5.06 Å². The third-order valence-electron chi connectivity index (χ3n) is 1.16. The van der Waals surface area contributed by atoms with Gasteiger partial charge in [0, 0.05) is 6.42 Å². The zero-order valence-corrected chi connectivity index (χ0v) is 5.24. The van der Waals surface area contributed by atoms with E-state index in [2.05, 4.69) is 4.84 Å². The van der Waals surface area contributed by atoms with Crippen molar-refractivity contribution >= 4 is 11.9 Å². The summed E-state index contributed by atoms with van der Waals surface area (Å²) in [5.74, 6) is -0.103. The van der Waals surface area contributed by atoms with Crippen LogP contribution in [0, 0.1) is 0 Å². The number of carbonyl (C=O) groups excluding carboxylic acids is 1. The first-order valence-electron chi connectivity index (χ1n) is 2.85. The Balaban J connectivity index is 2.47. The highest BCUT2D eigenvalue weighted by atomic mass is 16.7. The van der Waals surface area contributed by atoms with Gasteiger partial charge in [0.1, 0.15) is 6.54 Å². The number of carboxylic acid groups (broad SMARTS) is 1. The summed E-state index contributed by atoms with van der Waals surface area (Å²) in [4.78, 5) is 25.4. The summed E-state index contributed by atoms with van der Waals surface area (Å²) in [7, 11) is 0. The highest BCUT2D eigenvalue weighted by Crippen LogP contribution is 2.01. The minimum atomic E-state index is -1.21. The van der Waals surface area contributed by atoms with Gasteiger partial charge in [-0.2, -0.15) is 5.06 Å². The Bertz CT molecular complexity index is 165. The Hall–Kier alpha value is -1.10. The molecule has 0 aromatic carbocycles. The molecule has 1 fully saturated rings. The molecule has 5 heteroatoms. The molecule has 1 saturated heterocycles. The van der Waals surface area contributed by atoms with Crippen molar-refractivity contribution in [1.29, 1.82) is 0 Å². The summed E-state index contributed by atoms with van der Waals surface area (Å²) in [6.07, 6.45) is -0.905. The second-order valence-electron chi connectivity index (χ2n) is 1.94. The van der Waals surface area contributed by atoms with Crippen LogP contribution in [-0.4, -0.2) is 35.2 Å². The molecule has 0 spiro atoms. The first-order valence-corrected chi connectivity index (χ1v) is 2.85. The number of hydrogen-bond acceptors (Lipinski definition) is 3. The van der Waals surface area contributed by atoms with E-state index in [9.17, 15) is 9.59 Å². The molecule has 1 amide bonds. The van der Waals surface area contributed by atoms with E-state index in [1.165, 1.54) is 0 Å². The Morgan fingerprint density at radius 3 is 2.80 bits per heavy atom. The summed E-state index contributed by atoms with van der Waals surface area (Å²) in [5.41, 5.74) is 0. The monoisotopic (exact) mass is 145 g/mol. The number of ketones is 1. The number of Topliss-reactive ketones (excluding diaryl/α,β-unsaturated/α-hetero) is 1. The maximum atomic E-state index is 10.6. The van der Waals surface area contributed by atoms with Gasteiger partial charge in [-0.3, -0.25) is 9.63 Å². The minimum absolute atomic E-state index is 0.103. The molecule has 0 atom stereocenters. The van der Waals surface area contributed by atoms with Crippen LogP contribution >= 0.6 is 0 Å². The van der Waals surface area contributed by atoms with E-state index in [-0.39, 0.29) is 18.9 Å². The first kappa shape index (κ1) is 7.01.